The average molecular weight is 173 g/mol. The van der Waals surface area contributed by atoms with Crippen LogP contribution in [0, 0.1) is 5.92 Å². The molecule has 0 saturated carbocycles. The third kappa shape index (κ3) is 4.73. The monoisotopic (exact) mass is 173 g/mol. The van der Waals surface area contributed by atoms with Gasteiger partial charge in [-0.3, -0.25) is 0 Å². The van der Waals surface area contributed by atoms with Crippen molar-refractivity contribution in [3.63, 3.8) is 0 Å². The molecule has 0 saturated heterocycles. The van der Waals surface area contributed by atoms with Gasteiger partial charge in [0.25, 0.3) is 0 Å². The summed E-state index contributed by atoms with van der Waals surface area (Å²) < 4.78 is 5.10. The van der Waals surface area contributed by atoms with E-state index in [2.05, 4.69) is 32.6 Å². The number of hydrogen-bond acceptors (Lipinski definition) is 2. The molecule has 0 fully saturated rings. The number of ether oxygens (including phenoxy) is 1. The lowest BCUT2D eigenvalue weighted by atomic mass is 10.1. The molecule has 0 rings (SSSR count). The van der Waals surface area contributed by atoms with E-state index >= 15 is 0 Å². The van der Waals surface area contributed by atoms with Gasteiger partial charge in [-0.05, 0) is 26.3 Å². The van der Waals surface area contributed by atoms with Crippen LogP contribution in [0.25, 0.3) is 0 Å². The largest absolute Gasteiger partial charge is 0.384 e. The van der Waals surface area contributed by atoms with E-state index in [0.29, 0.717) is 12.0 Å². The highest BCUT2D eigenvalue weighted by atomic mass is 16.5. The molecule has 74 valence electrons. The zero-order valence-corrected chi connectivity index (χ0v) is 9.13. The molecule has 0 N–H and O–H groups in total. The fourth-order valence-electron chi connectivity index (χ4n) is 1.44. The lowest BCUT2D eigenvalue weighted by Crippen LogP contribution is -2.35. The van der Waals surface area contributed by atoms with Crippen LogP contribution in [0.15, 0.2) is 0 Å². The van der Waals surface area contributed by atoms with Gasteiger partial charge in [0.2, 0.25) is 0 Å². The van der Waals surface area contributed by atoms with Crippen LogP contribution in [0.2, 0.25) is 0 Å². The minimum Gasteiger partial charge on any atom is -0.384 e. The lowest BCUT2D eigenvalue weighted by Gasteiger charge is -2.27. The van der Waals surface area contributed by atoms with Crippen molar-refractivity contribution < 1.29 is 4.74 Å². The Morgan fingerprint density at radius 2 is 1.83 bits per heavy atom. The molecule has 0 aromatic carbocycles. The minimum atomic E-state index is 0.636. The fraction of sp³-hybridized carbons (Fsp3) is 1.00. The molecule has 2 heteroatoms. The predicted octanol–water partition coefficient (Wildman–Crippen LogP) is 2.00. The summed E-state index contributed by atoms with van der Waals surface area (Å²) in [6.45, 7) is 12.1. The Kier molecular flexibility index (Phi) is 6.39. The second kappa shape index (κ2) is 6.44. The number of methoxy groups -OCH3 is 1. The van der Waals surface area contributed by atoms with Crippen LogP contribution >= 0.6 is 0 Å². The van der Waals surface area contributed by atoms with Gasteiger partial charge in [0, 0.05) is 26.3 Å². The van der Waals surface area contributed by atoms with Crippen LogP contribution in [0.1, 0.15) is 27.7 Å². The van der Waals surface area contributed by atoms with Gasteiger partial charge in [-0.15, -0.1) is 0 Å². The van der Waals surface area contributed by atoms with Crippen LogP contribution in [0.3, 0.4) is 0 Å². The van der Waals surface area contributed by atoms with Crippen LogP contribution in [-0.4, -0.2) is 37.7 Å². The molecule has 0 aliphatic heterocycles. The summed E-state index contributed by atoms with van der Waals surface area (Å²) in [5.74, 6) is 0.636. The Morgan fingerprint density at radius 3 is 2.17 bits per heavy atom. The molecule has 0 aliphatic carbocycles. The summed E-state index contributed by atoms with van der Waals surface area (Å²) in [4.78, 5) is 2.46. The van der Waals surface area contributed by atoms with Crippen molar-refractivity contribution in [1.29, 1.82) is 0 Å². The van der Waals surface area contributed by atoms with Crippen LogP contribution < -0.4 is 0 Å². The quantitative estimate of drug-likeness (QED) is 0.609. The van der Waals surface area contributed by atoms with Gasteiger partial charge in [-0.1, -0.05) is 13.8 Å². The number of hydrogen-bond donors (Lipinski definition) is 0. The molecule has 2 nitrogen and oxygen atoms in total. The lowest BCUT2D eigenvalue weighted by molar-refractivity contribution is 0.119. The second-order valence-electron chi connectivity index (χ2n) is 3.74. The molecule has 0 radical (unpaired) electrons. The molecular formula is C10H23NO. The maximum atomic E-state index is 5.10. The molecule has 0 aliphatic rings. The van der Waals surface area contributed by atoms with Crippen molar-refractivity contribution >= 4 is 0 Å². The molecule has 1 atom stereocenters. The first-order valence-corrected chi connectivity index (χ1v) is 4.84. The normalized spacial score (nSPS) is 14.2. The number of nitrogens with zero attached hydrogens (tertiary/aromatic N) is 1. The van der Waals surface area contributed by atoms with Gasteiger partial charge in [0.1, 0.15) is 0 Å². The van der Waals surface area contributed by atoms with E-state index in [1.165, 1.54) is 0 Å². The topological polar surface area (TPSA) is 12.5 Å². The summed E-state index contributed by atoms with van der Waals surface area (Å²) in [7, 11) is 1.77. The van der Waals surface area contributed by atoms with Crippen molar-refractivity contribution in [2.75, 3.05) is 26.8 Å². The Morgan fingerprint density at radius 1 is 1.25 bits per heavy atom. The van der Waals surface area contributed by atoms with Crippen molar-refractivity contribution in [2.45, 2.75) is 33.7 Å². The maximum absolute atomic E-state index is 5.10. The van der Waals surface area contributed by atoms with Gasteiger partial charge in [0.15, 0.2) is 0 Å². The Hall–Kier alpha value is -0.0800. The summed E-state index contributed by atoms with van der Waals surface area (Å²) in [6.07, 6.45) is 0. The van der Waals surface area contributed by atoms with Gasteiger partial charge < -0.3 is 9.64 Å². The van der Waals surface area contributed by atoms with E-state index in [1.807, 2.05) is 0 Å². The highest BCUT2D eigenvalue weighted by molar-refractivity contribution is 4.64. The standard InChI is InChI=1S/C10H23NO/c1-6-11(9(2)3)7-10(4)8-12-5/h9-10H,6-8H2,1-5H3. The van der Waals surface area contributed by atoms with E-state index in [0.717, 1.165) is 19.7 Å². The first-order chi connectivity index (χ1) is 5.61. The summed E-state index contributed by atoms with van der Waals surface area (Å²) in [6, 6.07) is 0.648. The highest BCUT2D eigenvalue weighted by Gasteiger charge is 2.10. The Labute approximate surface area is 76.9 Å². The fourth-order valence-corrected chi connectivity index (χ4v) is 1.44. The van der Waals surface area contributed by atoms with E-state index in [-0.39, 0.29) is 0 Å². The Bertz CT molecular complexity index is 104. The minimum absolute atomic E-state index is 0.636. The third-order valence-electron chi connectivity index (χ3n) is 2.13. The molecule has 12 heavy (non-hydrogen) atoms. The van der Waals surface area contributed by atoms with Crippen molar-refractivity contribution in [3.8, 4) is 0 Å². The summed E-state index contributed by atoms with van der Waals surface area (Å²) >= 11 is 0. The van der Waals surface area contributed by atoms with E-state index in [1.54, 1.807) is 7.11 Å². The van der Waals surface area contributed by atoms with Gasteiger partial charge in [-0.2, -0.15) is 0 Å². The van der Waals surface area contributed by atoms with Gasteiger partial charge in [-0.25, -0.2) is 0 Å². The van der Waals surface area contributed by atoms with Gasteiger partial charge in [0.05, 0.1) is 0 Å². The summed E-state index contributed by atoms with van der Waals surface area (Å²) in [5, 5.41) is 0. The van der Waals surface area contributed by atoms with E-state index < -0.39 is 0 Å². The SMILES string of the molecule is CCN(CC(C)COC)C(C)C. The smallest absolute Gasteiger partial charge is 0.0500 e. The van der Waals surface area contributed by atoms with Crippen molar-refractivity contribution in [1.82, 2.24) is 4.90 Å². The average Bonchev–Trinajstić information content (AvgIpc) is 2.00. The van der Waals surface area contributed by atoms with Crippen molar-refractivity contribution in [3.05, 3.63) is 0 Å². The van der Waals surface area contributed by atoms with Gasteiger partial charge >= 0.3 is 0 Å². The highest BCUT2D eigenvalue weighted by Crippen LogP contribution is 2.04. The molecular weight excluding hydrogens is 150 g/mol. The first kappa shape index (κ1) is 11.9. The number of rotatable bonds is 6. The third-order valence-corrected chi connectivity index (χ3v) is 2.13. The maximum Gasteiger partial charge on any atom is 0.0500 e. The summed E-state index contributed by atoms with van der Waals surface area (Å²) in [5.41, 5.74) is 0. The zero-order valence-electron chi connectivity index (χ0n) is 9.13. The van der Waals surface area contributed by atoms with Crippen molar-refractivity contribution in [2.24, 2.45) is 5.92 Å². The zero-order chi connectivity index (χ0) is 9.56. The van der Waals surface area contributed by atoms with Crippen LogP contribution in [-0.2, 0) is 4.74 Å². The molecule has 0 amide bonds. The van der Waals surface area contributed by atoms with E-state index in [4.69, 9.17) is 4.74 Å². The van der Waals surface area contributed by atoms with E-state index in [9.17, 15) is 0 Å². The molecule has 1 unspecified atom stereocenters. The molecule has 0 spiro atoms. The molecule has 0 bridgehead atoms. The van der Waals surface area contributed by atoms with Crippen LogP contribution in [0.4, 0.5) is 0 Å². The molecule has 0 aromatic rings. The van der Waals surface area contributed by atoms with Crippen LogP contribution in [0.5, 0.6) is 0 Å². The molecule has 0 heterocycles. The Balaban J connectivity index is 3.69. The molecule has 0 aromatic heterocycles. The predicted molar refractivity (Wildman–Crippen MR) is 53.4 cm³/mol. The first-order valence-electron chi connectivity index (χ1n) is 4.84. The second-order valence-corrected chi connectivity index (χ2v) is 3.74.